The average molecular weight is 512 g/mol. The number of nitrogens with one attached hydrogen (secondary N) is 2. The van der Waals surface area contributed by atoms with Crippen molar-refractivity contribution in [2.24, 2.45) is 10.9 Å². The fourth-order valence-electron chi connectivity index (χ4n) is 4.76. The summed E-state index contributed by atoms with van der Waals surface area (Å²) in [4.78, 5) is 7.44. The van der Waals surface area contributed by atoms with Gasteiger partial charge in [0.2, 0.25) is 0 Å². The molecule has 2 bridgehead atoms. The highest BCUT2D eigenvalue weighted by Gasteiger charge is 2.41. The fraction of sp³-hybridized carbons (Fsp3) is 0.696. The van der Waals surface area contributed by atoms with Gasteiger partial charge in [-0.2, -0.15) is 0 Å². The van der Waals surface area contributed by atoms with Crippen LogP contribution in [0.5, 0.6) is 0 Å². The molecule has 3 aliphatic heterocycles. The van der Waals surface area contributed by atoms with E-state index in [0.29, 0.717) is 24.8 Å². The van der Waals surface area contributed by atoms with E-state index in [2.05, 4.69) is 53.6 Å². The third kappa shape index (κ3) is 6.31. The number of aliphatic imine (C=N–C) groups is 1. The van der Waals surface area contributed by atoms with Crippen LogP contribution in [0.15, 0.2) is 29.3 Å². The molecule has 3 fully saturated rings. The lowest BCUT2D eigenvalue weighted by molar-refractivity contribution is 0.0992. The number of halogens is 1. The molecule has 3 saturated heterocycles. The van der Waals surface area contributed by atoms with Crippen LogP contribution in [0.2, 0.25) is 0 Å². The van der Waals surface area contributed by atoms with Crippen LogP contribution in [0, 0.1) is 5.92 Å². The van der Waals surface area contributed by atoms with Crippen molar-refractivity contribution in [3.05, 3.63) is 35.4 Å². The lowest BCUT2D eigenvalue weighted by atomic mass is 9.96. The van der Waals surface area contributed by atoms with Crippen molar-refractivity contribution in [3.63, 3.8) is 0 Å². The molecular weight excluding hydrogens is 475 g/mol. The van der Waals surface area contributed by atoms with E-state index < -0.39 is 0 Å². The minimum atomic E-state index is 0. The van der Waals surface area contributed by atoms with Crippen molar-refractivity contribution in [1.82, 2.24) is 15.5 Å². The van der Waals surface area contributed by atoms with Crippen LogP contribution >= 0.6 is 24.0 Å². The van der Waals surface area contributed by atoms with E-state index in [1.165, 1.54) is 49.9 Å². The fourth-order valence-corrected chi connectivity index (χ4v) is 4.76. The van der Waals surface area contributed by atoms with Crippen molar-refractivity contribution in [2.45, 2.75) is 77.3 Å². The molecule has 3 unspecified atom stereocenters. The predicted molar refractivity (Wildman–Crippen MR) is 130 cm³/mol. The molecule has 0 saturated carbocycles. The summed E-state index contributed by atoms with van der Waals surface area (Å²) in [6, 6.07) is 9.35. The second kappa shape index (κ2) is 11.0. The van der Waals surface area contributed by atoms with E-state index in [4.69, 9.17) is 9.73 Å². The van der Waals surface area contributed by atoms with Gasteiger partial charge in [-0.05, 0) is 69.2 Å². The molecule has 3 atom stereocenters. The number of hydrogen-bond acceptors (Lipinski definition) is 3. The van der Waals surface area contributed by atoms with Crippen LogP contribution in [0.3, 0.4) is 0 Å². The van der Waals surface area contributed by atoms with Gasteiger partial charge >= 0.3 is 0 Å². The zero-order chi connectivity index (χ0) is 19.3. The molecule has 2 N–H and O–H groups in total. The second-order valence-corrected chi connectivity index (χ2v) is 8.83. The second-order valence-electron chi connectivity index (χ2n) is 8.83. The first-order valence-electron chi connectivity index (χ1n) is 11.2. The lowest BCUT2D eigenvalue weighted by Gasteiger charge is -2.30. The van der Waals surface area contributed by atoms with Crippen LogP contribution in [0.1, 0.15) is 57.1 Å². The van der Waals surface area contributed by atoms with Gasteiger partial charge in [0, 0.05) is 13.1 Å². The number of nitrogens with zero attached hydrogens (tertiary/aromatic N) is 2. The number of fused-ring (bicyclic) bond motifs is 2. The Labute approximate surface area is 193 Å². The lowest BCUT2D eigenvalue weighted by Crippen LogP contribution is -2.47. The maximum Gasteiger partial charge on any atom is 0.191 e. The Hall–Kier alpha value is -0.860. The predicted octanol–water partition coefficient (Wildman–Crippen LogP) is 3.91. The average Bonchev–Trinajstić information content (AvgIpc) is 3.32. The van der Waals surface area contributed by atoms with Gasteiger partial charge in [-0.3, -0.25) is 4.90 Å². The zero-order valence-corrected chi connectivity index (χ0v) is 20.2. The van der Waals surface area contributed by atoms with E-state index in [9.17, 15) is 0 Å². The van der Waals surface area contributed by atoms with Crippen molar-refractivity contribution in [3.8, 4) is 0 Å². The number of benzene rings is 1. The summed E-state index contributed by atoms with van der Waals surface area (Å²) >= 11 is 0. The van der Waals surface area contributed by atoms with Crippen LogP contribution in [-0.4, -0.2) is 48.7 Å². The highest BCUT2D eigenvalue weighted by atomic mass is 127. The summed E-state index contributed by atoms with van der Waals surface area (Å²) in [5.74, 6) is 1.80. The van der Waals surface area contributed by atoms with Crippen LogP contribution in [0.25, 0.3) is 0 Å². The van der Waals surface area contributed by atoms with Crippen molar-refractivity contribution >= 4 is 29.9 Å². The highest BCUT2D eigenvalue weighted by molar-refractivity contribution is 14.0. The molecule has 6 heteroatoms. The van der Waals surface area contributed by atoms with Gasteiger partial charge in [0.1, 0.15) is 0 Å². The Morgan fingerprint density at radius 1 is 1.17 bits per heavy atom. The molecule has 4 rings (SSSR count). The molecule has 1 aromatic rings. The van der Waals surface area contributed by atoms with Crippen molar-refractivity contribution in [2.75, 3.05) is 19.6 Å². The summed E-state index contributed by atoms with van der Waals surface area (Å²) < 4.78 is 5.97. The Balaban J connectivity index is 0.00000240. The van der Waals surface area contributed by atoms with E-state index in [-0.39, 0.29) is 24.0 Å². The molecule has 5 nitrogen and oxygen atoms in total. The number of rotatable bonds is 6. The van der Waals surface area contributed by atoms with Crippen LogP contribution in [-0.2, 0) is 17.8 Å². The van der Waals surface area contributed by atoms with Gasteiger partial charge in [0.25, 0.3) is 0 Å². The van der Waals surface area contributed by atoms with E-state index in [1.807, 2.05) is 0 Å². The molecule has 29 heavy (non-hydrogen) atoms. The molecule has 162 valence electrons. The molecule has 0 radical (unpaired) electrons. The van der Waals surface area contributed by atoms with Gasteiger partial charge in [0.15, 0.2) is 5.96 Å². The largest absolute Gasteiger partial charge is 0.373 e. The van der Waals surface area contributed by atoms with E-state index in [0.717, 1.165) is 31.4 Å². The molecule has 0 amide bonds. The zero-order valence-electron chi connectivity index (χ0n) is 17.9. The standard InChI is InChI=1S/C23H36N4O.HI/c1-3-24-23(26-21-14-20-7-8-22(21)28-20)25-15-18-5-4-6-19(13-18)16-27-11-9-17(2)10-12-27;/h4-6,13,17,20-22H,3,7-12,14-16H2,1-2H3,(H2,24,25,26);1H. The van der Waals surface area contributed by atoms with Gasteiger partial charge < -0.3 is 15.4 Å². The first kappa shape index (κ1) is 22.8. The Morgan fingerprint density at radius 3 is 2.66 bits per heavy atom. The van der Waals surface area contributed by atoms with Crippen molar-refractivity contribution in [1.29, 1.82) is 0 Å². The topological polar surface area (TPSA) is 48.9 Å². The normalized spacial score (nSPS) is 27.7. The highest BCUT2D eigenvalue weighted by Crippen LogP contribution is 2.34. The molecule has 3 aliphatic rings. The quantitative estimate of drug-likeness (QED) is 0.345. The van der Waals surface area contributed by atoms with Crippen LogP contribution < -0.4 is 10.6 Å². The Morgan fingerprint density at radius 2 is 1.97 bits per heavy atom. The SMILES string of the molecule is CCNC(=NCc1cccc(CN2CCC(C)CC2)c1)NC1CC2CCC1O2.I. The number of guanidine groups is 1. The number of ether oxygens (including phenoxy) is 1. The minimum absolute atomic E-state index is 0. The minimum Gasteiger partial charge on any atom is -0.373 e. The number of piperidine rings is 1. The molecule has 1 aromatic carbocycles. The first-order valence-corrected chi connectivity index (χ1v) is 11.2. The summed E-state index contributed by atoms with van der Waals surface area (Å²) in [6.45, 7) is 9.59. The molecule has 0 aliphatic carbocycles. The van der Waals surface area contributed by atoms with Gasteiger partial charge in [-0.15, -0.1) is 24.0 Å². The van der Waals surface area contributed by atoms with Gasteiger partial charge in [0.05, 0.1) is 24.8 Å². The first-order chi connectivity index (χ1) is 13.7. The maximum atomic E-state index is 5.97. The van der Waals surface area contributed by atoms with E-state index in [1.54, 1.807) is 0 Å². The van der Waals surface area contributed by atoms with Crippen molar-refractivity contribution < 1.29 is 4.74 Å². The molecule has 0 aromatic heterocycles. The van der Waals surface area contributed by atoms with Gasteiger partial charge in [-0.1, -0.05) is 31.2 Å². The maximum absolute atomic E-state index is 5.97. The smallest absolute Gasteiger partial charge is 0.191 e. The summed E-state index contributed by atoms with van der Waals surface area (Å²) in [5.41, 5.74) is 2.69. The summed E-state index contributed by atoms with van der Waals surface area (Å²) in [5, 5.41) is 7.01. The van der Waals surface area contributed by atoms with E-state index >= 15 is 0 Å². The summed E-state index contributed by atoms with van der Waals surface area (Å²) in [6.07, 6.45) is 6.99. The van der Waals surface area contributed by atoms with Crippen LogP contribution in [0.4, 0.5) is 0 Å². The Kier molecular flexibility index (Phi) is 8.62. The molecule has 3 heterocycles. The number of likely N-dealkylation sites (tertiary alicyclic amines) is 1. The molecular formula is C23H37IN4O. The third-order valence-electron chi connectivity index (χ3n) is 6.47. The summed E-state index contributed by atoms with van der Waals surface area (Å²) in [7, 11) is 0. The van der Waals surface area contributed by atoms with Gasteiger partial charge in [-0.25, -0.2) is 4.99 Å². The molecule has 0 spiro atoms. The third-order valence-corrected chi connectivity index (χ3v) is 6.47. The Bertz CT molecular complexity index is 675. The number of hydrogen-bond donors (Lipinski definition) is 2. The monoisotopic (exact) mass is 512 g/mol.